The molecule has 0 aliphatic rings. The second-order valence-electron chi connectivity index (χ2n) is 7.91. The van der Waals surface area contributed by atoms with Crippen LogP contribution in [0.5, 0.6) is 0 Å². The van der Waals surface area contributed by atoms with Crippen molar-refractivity contribution in [1.29, 1.82) is 5.26 Å². The van der Waals surface area contributed by atoms with Gasteiger partial charge in [-0.15, -0.1) is 0 Å². The Morgan fingerprint density at radius 1 is 1.00 bits per heavy atom. The van der Waals surface area contributed by atoms with Crippen molar-refractivity contribution in [2.45, 2.75) is 6.42 Å². The Labute approximate surface area is 222 Å². The molecule has 0 bridgehead atoms. The number of nitriles is 1. The number of hydrogen-bond donors (Lipinski definition) is 3. The molecule has 0 spiro atoms. The van der Waals surface area contributed by atoms with E-state index in [1.807, 2.05) is 36.4 Å². The minimum Gasteiger partial charge on any atom is -0.478 e. The van der Waals surface area contributed by atoms with Crippen molar-refractivity contribution in [2.75, 3.05) is 10.6 Å². The van der Waals surface area contributed by atoms with Crippen LogP contribution < -0.4 is 10.6 Å². The third-order valence-corrected chi connectivity index (χ3v) is 6.83. The molecular weight excluding hydrogens is 592 g/mol. The van der Waals surface area contributed by atoms with Crippen molar-refractivity contribution in [1.82, 2.24) is 4.57 Å². The molecule has 10 heteroatoms. The molecule has 36 heavy (non-hydrogen) atoms. The van der Waals surface area contributed by atoms with Crippen molar-refractivity contribution >= 4 is 71.9 Å². The van der Waals surface area contributed by atoms with Crippen LogP contribution in [0.15, 0.2) is 69.6 Å². The highest BCUT2D eigenvalue weighted by molar-refractivity contribution is 9.11. The molecule has 4 rings (SSSR count). The van der Waals surface area contributed by atoms with Crippen molar-refractivity contribution in [3.05, 3.63) is 92.0 Å². The lowest BCUT2D eigenvalue weighted by molar-refractivity contribution is -0.115. The number of fused-ring (bicyclic) bond motifs is 1. The maximum atomic E-state index is 13.2. The lowest BCUT2D eigenvalue weighted by atomic mass is 10.1. The van der Waals surface area contributed by atoms with E-state index in [4.69, 9.17) is 5.26 Å². The summed E-state index contributed by atoms with van der Waals surface area (Å²) in [5.41, 5.74) is 2.24. The topological polar surface area (TPSA) is 124 Å². The largest absolute Gasteiger partial charge is 0.478 e. The molecule has 4 aromatic rings. The first kappa shape index (κ1) is 25.2. The third kappa shape index (κ3) is 5.03. The second kappa shape index (κ2) is 10.4. The van der Waals surface area contributed by atoms with Crippen LogP contribution in [-0.4, -0.2) is 27.5 Å². The van der Waals surface area contributed by atoms with Crippen molar-refractivity contribution < 1.29 is 19.5 Å². The maximum absolute atomic E-state index is 13.2. The van der Waals surface area contributed by atoms with Crippen molar-refractivity contribution in [3.8, 4) is 6.07 Å². The monoisotopic (exact) mass is 608 g/mol. The average Bonchev–Trinajstić information content (AvgIpc) is 3.20. The fraction of sp³-hybridized carbons (Fsp3) is 0.0769. The number of aromatic nitrogens is 1. The standard InChI is InChI=1S/C26H18Br2N4O4/c1-32-21(25(34)30-20-8-7-15(13-29)9-17(20)26(35)36)11-16-18(27)12-19(28)23(24(16)32)31-22(33)10-14-5-3-2-4-6-14/h2-9,11-12H,10H2,1H3,(H,30,34)(H,31,33)(H,35,36). The highest BCUT2D eigenvalue weighted by Crippen LogP contribution is 2.38. The Kier molecular flexibility index (Phi) is 7.24. The smallest absolute Gasteiger partial charge is 0.337 e. The number of carbonyl (C=O) groups excluding carboxylic acids is 2. The lowest BCUT2D eigenvalue weighted by Gasteiger charge is -2.13. The molecule has 1 aromatic heterocycles. The minimum absolute atomic E-state index is 0.0633. The molecule has 0 radical (unpaired) electrons. The summed E-state index contributed by atoms with van der Waals surface area (Å²) in [7, 11) is 1.68. The number of carbonyl (C=O) groups is 3. The van der Waals surface area contributed by atoms with Gasteiger partial charge in [0.25, 0.3) is 5.91 Å². The molecular formula is C26H18Br2N4O4. The Bertz CT molecular complexity index is 1570. The number of rotatable bonds is 6. The van der Waals surface area contributed by atoms with E-state index in [1.165, 1.54) is 18.2 Å². The van der Waals surface area contributed by atoms with Gasteiger partial charge in [-0.1, -0.05) is 46.3 Å². The van der Waals surface area contributed by atoms with Crippen LogP contribution in [0.3, 0.4) is 0 Å². The van der Waals surface area contributed by atoms with Gasteiger partial charge in [0.2, 0.25) is 5.91 Å². The van der Waals surface area contributed by atoms with E-state index < -0.39 is 11.9 Å². The van der Waals surface area contributed by atoms with E-state index in [9.17, 15) is 19.5 Å². The predicted octanol–water partition coefficient (Wildman–Crippen LogP) is 5.71. The van der Waals surface area contributed by atoms with Crippen LogP contribution in [0.1, 0.15) is 32.0 Å². The molecule has 2 amide bonds. The van der Waals surface area contributed by atoms with Gasteiger partial charge in [-0.3, -0.25) is 9.59 Å². The fourth-order valence-electron chi connectivity index (χ4n) is 3.85. The summed E-state index contributed by atoms with van der Waals surface area (Å²) in [5.74, 6) is -2.04. The molecule has 0 saturated heterocycles. The number of anilines is 2. The van der Waals surface area contributed by atoms with E-state index in [-0.39, 0.29) is 34.8 Å². The summed E-state index contributed by atoms with van der Waals surface area (Å²) < 4.78 is 2.95. The molecule has 0 saturated carbocycles. The quantitative estimate of drug-likeness (QED) is 0.258. The van der Waals surface area contributed by atoms with Gasteiger partial charge in [-0.25, -0.2) is 4.79 Å². The zero-order chi connectivity index (χ0) is 26.0. The van der Waals surface area contributed by atoms with Crippen LogP contribution in [0.4, 0.5) is 11.4 Å². The van der Waals surface area contributed by atoms with Gasteiger partial charge in [0.05, 0.1) is 40.5 Å². The summed E-state index contributed by atoms with van der Waals surface area (Å²) in [6.07, 6.45) is 0.180. The van der Waals surface area contributed by atoms with Crippen LogP contribution in [0.2, 0.25) is 0 Å². The van der Waals surface area contributed by atoms with Gasteiger partial charge in [0.1, 0.15) is 5.69 Å². The van der Waals surface area contributed by atoms with E-state index in [0.29, 0.717) is 25.5 Å². The number of aromatic carboxylic acids is 1. The molecule has 180 valence electrons. The van der Waals surface area contributed by atoms with Crippen LogP contribution in [0.25, 0.3) is 10.9 Å². The van der Waals surface area contributed by atoms with Gasteiger partial charge in [0, 0.05) is 21.4 Å². The average molecular weight is 610 g/mol. The number of nitrogens with zero attached hydrogens (tertiary/aromatic N) is 2. The van der Waals surface area contributed by atoms with Gasteiger partial charge >= 0.3 is 5.97 Å². The summed E-state index contributed by atoms with van der Waals surface area (Å²) >= 11 is 7.02. The number of hydrogen-bond acceptors (Lipinski definition) is 4. The first-order valence-corrected chi connectivity index (χ1v) is 12.2. The Morgan fingerprint density at radius 2 is 1.72 bits per heavy atom. The SMILES string of the molecule is Cn1c(C(=O)Nc2ccc(C#N)cc2C(=O)O)cc2c(Br)cc(Br)c(NC(=O)Cc3ccccc3)c21. The first-order valence-electron chi connectivity index (χ1n) is 10.6. The van der Waals surface area contributed by atoms with Crippen LogP contribution in [-0.2, 0) is 18.3 Å². The van der Waals surface area contributed by atoms with E-state index in [0.717, 1.165) is 5.56 Å². The lowest BCUT2D eigenvalue weighted by Crippen LogP contribution is -2.18. The van der Waals surface area contributed by atoms with Gasteiger partial charge in [-0.2, -0.15) is 5.26 Å². The number of benzene rings is 3. The zero-order valence-corrected chi connectivity index (χ0v) is 22.0. The highest BCUT2D eigenvalue weighted by Gasteiger charge is 2.22. The van der Waals surface area contributed by atoms with Crippen molar-refractivity contribution in [3.63, 3.8) is 0 Å². The number of aryl methyl sites for hydroxylation is 1. The number of carboxylic acid groups (broad SMARTS) is 1. The Morgan fingerprint density at radius 3 is 2.39 bits per heavy atom. The van der Waals surface area contributed by atoms with E-state index in [1.54, 1.807) is 23.7 Å². The molecule has 3 N–H and O–H groups in total. The molecule has 0 atom stereocenters. The summed E-state index contributed by atoms with van der Waals surface area (Å²) in [6, 6.07) is 18.7. The van der Waals surface area contributed by atoms with Crippen molar-refractivity contribution in [2.24, 2.45) is 7.05 Å². The van der Waals surface area contributed by atoms with Gasteiger partial charge in [0.15, 0.2) is 0 Å². The van der Waals surface area contributed by atoms with Crippen LogP contribution >= 0.6 is 31.9 Å². The maximum Gasteiger partial charge on any atom is 0.337 e. The van der Waals surface area contributed by atoms with Gasteiger partial charge < -0.3 is 20.3 Å². The normalized spacial score (nSPS) is 10.6. The fourth-order valence-corrected chi connectivity index (χ4v) is 5.20. The second-order valence-corrected chi connectivity index (χ2v) is 9.62. The predicted molar refractivity (Wildman–Crippen MR) is 143 cm³/mol. The van der Waals surface area contributed by atoms with E-state index in [2.05, 4.69) is 42.5 Å². The summed E-state index contributed by atoms with van der Waals surface area (Å²) in [4.78, 5) is 37.7. The number of carboxylic acids is 1. The first-order chi connectivity index (χ1) is 17.2. The molecule has 0 fully saturated rings. The molecule has 0 aliphatic heterocycles. The molecule has 1 heterocycles. The molecule has 0 unspecified atom stereocenters. The highest BCUT2D eigenvalue weighted by atomic mass is 79.9. The summed E-state index contributed by atoms with van der Waals surface area (Å²) in [6.45, 7) is 0. The number of amides is 2. The van der Waals surface area contributed by atoms with Crippen LogP contribution in [0, 0.1) is 11.3 Å². The zero-order valence-electron chi connectivity index (χ0n) is 18.8. The number of halogens is 2. The summed E-state index contributed by atoms with van der Waals surface area (Å²) in [5, 5.41) is 24.8. The third-order valence-electron chi connectivity index (χ3n) is 5.55. The van der Waals surface area contributed by atoms with Gasteiger partial charge in [-0.05, 0) is 51.8 Å². The minimum atomic E-state index is -1.27. The van der Waals surface area contributed by atoms with E-state index >= 15 is 0 Å². The molecule has 8 nitrogen and oxygen atoms in total. The Hall–Kier alpha value is -3.94. The molecule has 0 aliphatic carbocycles. The molecule has 3 aromatic carbocycles. The number of nitrogens with one attached hydrogen (secondary N) is 2. The Balaban J connectivity index is 1.70.